The van der Waals surface area contributed by atoms with Gasteiger partial charge in [-0.2, -0.15) is 0 Å². The molecule has 0 radical (unpaired) electrons. The molecule has 1 aromatic heterocycles. The molecule has 0 aliphatic heterocycles. The molecule has 0 atom stereocenters. The van der Waals surface area contributed by atoms with Gasteiger partial charge in [0.25, 0.3) is 0 Å². The number of nitrogen functional groups attached to an aromatic ring is 1. The third-order valence-electron chi connectivity index (χ3n) is 1.82. The van der Waals surface area contributed by atoms with Crippen molar-refractivity contribution in [1.29, 1.82) is 0 Å². The fourth-order valence-corrected chi connectivity index (χ4v) is 1.33. The van der Waals surface area contributed by atoms with Gasteiger partial charge in [0.1, 0.15) is 5.69 Å². The van der Waals surface area contributed by atoms with E-state index in [0.29, 0.717) is 0 Å². The highest BCUT2D eigenvalue weighted by Crippen LogP contribution is 2.14. The van der Waals surface area contributed by atoms with Crippen molar-refractivity contribution in [2.24, 2.45) is 5.16 Å². The van der Waals surface area contributed by atoms with E-state index < -0.39 is 11.8 Å². The van der Waals surface area contributed by atoms with E-state index in [1.165, 1.54) is 12.5 Å². The predicted octanol–water partition coefficient (Wildman–Crippen LogP) is 0.913. The number of hydrogen-bond donors (Lipinski definition) is 2. The monoisotopic (exact) mass is 259 g/mol. The summed E-state index contributed by atoms with van der Waals surface area (Å²) in [6, 6.07) is 0. The van der Waals surface area contributed by atoms with Crippen molar-refractivity contribution in [3.05, 3.63) is 11.1 Å². The molecule has 0 saturated heterocycles. The van der Waals surface area contributed by atoms with E-state index in [1.54, 1.807) is 13.8 Å². The topological polar surface area (TPSA) is 107 Å². The van der Waals surface area contributed by atoms with Crippen LogP contribution in [0.25, 0.3) is 0 Å². The second-order valence-corrected chi connectivity index (χ2v) is 4.40. The van der Waals surface area contributed by atoms with Gasteiger partial charge in [0.2, 0.25) is 11.5 Å². The number of oxime groups is 1. The summed E-state index contributed by atoms with van der Waals surface area (Å²) >= 11 is 1.12. The molecule has 0 spiro atoms. The first-order chi connectivity index (χ1) is 7.85. The van der Waals surface area contributed by atoms with Crippen molar-refractivity contribution >= 4 is 28.1 Å². The Morgan fingerprint density at radius 2 is 2.29 bits per heavy atom. The van der Waals surface area contributed by atoms with Crippen LogP contribution in [0.4, 0.5) is 5.13 Å². The Labute approximate surface area is 102 Å². The van der Waals surface area contributed by atoms with E-state index in [1.807, 2.05) is 0 Å². The highest BCUT2D eigenvalue weighted by atomic mass is 32.1. The molecule has 0 unspecified atom stereocenters. The lowest BCUT2D eigenvalue weighted by molar-refractivity contribution is -0.197. The molecule has 8 heteroatoms. The minimum Gasteiger partial charge on any atom is -0.476 e. The average molecular weight is 259 g/mol. The Kier molecular flexibility index (Phi) is 4.02. The summed E-state index contributed by atoms with van der Waals surface area (Å²) in [6.45, 7) is 3.21. The summed E-state index contributed by atoms with van der Waals surface area (Å²) in [4.78, 5) is 19.8. The highest BCUT2D eigenvalue weighted by Gasteiger charge is 2.22. The van der Waals surface area contributed by atoms with E-state index in [2.05, 4.69) is 10.1 Å². The maximum Gasteiger partial charge on any atom is 0.360 e. The van der Waals surface area contributed by atoms with Gasteiger partial charge in [-0.25, -0.2) is 9.78 Å². The van der Waals surface area contributed by atoms with Crippen LogP contribution >= 0.6 is 11.3 Å². The molecule has 94 valence electrons. The largest absolute Gasteiger partial charge is 0.476 e. The number of carboxylic acids is 1. The zero-order valence-corrected chi connectivity index (χ0v) is 10.4. The van der Waals surface area contributed by atoms with Crippen LogP contribution in [-0.2, 0) is 14.4 Å². The molecule has 0 aliphatic carbocycles. The van der Waals surface area contributed by atoms with Crippen LogP contribution in [0.2, 0.25) is 0 Å². The van der Waals surface area contributed by atoms with Crippen LogP contribution in [0, 0.1) is 0 Å². The van der Waals surface area contributed by atoms with Crippen molar-refractivity contribution in [2.75, 3.05) is 12.8 Å². The van der Waals surface area contributed by atoms with Gasteiger partial charge >= 0.3 is 5.97 Å². The number of ether oxygens (including phenoxy) is 1. The smallest absolute Gasteiger partial charge is 0.360 e. The molecule has 1 aromatic rings. The van der Waals surface area contributed by atoms with Crippen molar-refractivity contribution in [2.45, 2.75) is 19.6 Å². The summed E-state index contributed by atoms with van der Waals surface area (Å²) in [5.41, 5.74) is 5.26. The number of nitrogens with zero attached hydrogens (tertiary/aromatic N) is 2. The molecule has 17 heavy (non-hydrogen) atoms. The second kappa shape index (κ2) is 5.11. The van der Waals surface area contributed by atoms with Crippen molar-refractivity contribution < 1.29 is 19.5 Å². The quantitative estimate of drug-likeness (QED) is 0.462. The minimum absolute atomic E-state index is 0.159. The Morgan fingerprint density at radius 1 is 1.65 bits per heavy atom. The van der Waals surface area contributed by atoms with Gasteiger partial charge in [-0.15, -0.1) is 11.3 Å². The van der Waals surface area contributed by atoms with E-state index in [0.717, 1.165) is 11.3 Å². The number of carboxylic acid groups (broad SMARTS) is 1. The third-order valence-corrected chi connectivity index (χ3v) is 2.49. The number of aliphatic carboxylic acids is 1. The molecule has 0 amide bonds. The summed E-state index contributed by atoms with van der Waals surface area (Å²) in [5, 5.41) is 14.3. The zero-order chi connectivity index (χ0) is 13.1. The van der Waals surface area contributed by atoms with Gasteiger partial charge < -0.3 is 20.4 Å². The molecule has 1 rings (SSSR count). The van der Waals surface area contributed by atoms with E-state index in [-0.39, 0.29) is 16.5 Å². The number of thiazole rings is 1. The summed E-state index contributed by atoms with van der Waals surface area (Å²) in [6.07, 6.45) is 0. The van der Waals surface area contributed by atoms with Crippen molar-refractivity contribution in [3.63, 3.8) is 0 Å². The summed E-state index contributed by atoms with van der Waals surface area (Å²) in [7, 11) is 1.43. The Morgan fingerprint density at radius 3 is 2.71 bits per heavy atom. The van der Waals surface area contributed by atoms with Gasteiger partial charge in [-0.1, -0.05) is 5.16 Å². The lowest BCUT2D eigenvalue weighted by Gasteiger charge is -2.19. The van der Waals surface area contributed by atoms with Crippen molar-refractivity contribution in [1.82, 2.24) is 4.98 Å². The maximum atomic E-state index is 11.0. The Balaban J connectivity index is 2.95. The fourth-order valence-electron chi connectivity index (χ4n) is 0.785. The average Bonchev–Trinajstić information content (AvgIpc) is 2.64. The third kappa shape index (κ3) is 3.68. The number of carbonyl (C=O) groups is 1. The number of aromatic nitrogens is 1. The fraction of sp³-hybridized carbons (Fsp3) is 0.444. The van der Waals surface area contributed by atoms with Crippen LogP contribution in [0.3, 0.4) is 0 Å². The number of anilines is 1. The first kappa shape index (κ1) is 13.4. The van der Waals surface area contributed by atoms with E-state index in [9.17, 15) is 4.79 Å². The van der Waals surface area contributed by atoms with Crippen LogP contribution in [0.1, 0.15) is 19.5 Å². The molecule has 0 aromatic carbocycles. The summed E-state index contributed by atoms with van der Waals surface area (Å²) < 4.78 is 4.94. The van der Waals surface area contributed by atoms with Gasteiger partial charge in [-0.3, -0.25) is 0 Å². The molecule has 0 saturated carbocycles. The van der Waals surface area contributed by atoms with E-state index in [4.69, 9.17) is 20.4 Å². The summed E-state index contributed by atoms with van der Waals surface area (Å²) in [5.74, 6) is -2.26. The van der Waals surface area contributed by atoms with Gasteiger partial charge in [0.05, 0.1) is 0 Å². The van der Waals surface area contributed by atoms with Crippen LogP contribution in [0.5, 0.6) is 0 Å². The minimum atomic E-state index is -1.25. The Hall–Kier alpha value is -1.67. The Bertz CT molecular complexity index is 441. The second-order valence-electron chi connectivity index (χ2n) is 3.51. The SMILES string of the molecule is COC(C)(C)O/N=C(\C(=O)O)c1csc(N)n1. The lowest BCUT2D eigenvalue weighted by Crippen LogP contribution is -2.26. The lowest BCUT2D eigenvalue weighted by atomic mass is 10.3. The molecule has 1 heterocycles. The zero-order valence-electron chi connectivity index (χ0n) is 9.63. The highest BCUT2D eigenvalue weighted by molar-refractivity contribution is 7.13. The van der Waals surface area contributed by atoms with Crippen LogP contribution in [0.15, 0.2) is 10.5 Å². The van der Waals surface area contributed by atoms with E-state index >= 15 is 0 Å². The number of hydrogen-bond acceptors (Lipinski definition) is 7. The molecular formula is C9H13N3O4S. The number of rotatable bonds is 5. The normalized spacial score (nSPS) is 12.5. The number of nitrogens with two attached hydrogens (primary N) is 1. The molecule has 0 fully saturated rings. The molecule has 0 bridgehead atoms. The first-order valence-electron chi connectivity index (χ1n) is 4.61. The van der Waals surface area contributed by atoms with Gasteiger partial charge in [-0.05, 0) is 0 Å². The first-order valence-corrected chi connectivity index (χ1v) is 5.49. The molecule has 3 N–H and O–H groups in total. The number of methoxy groups -OCH3 is 1. The molecule has 0 aliphatic rings. The standard InChI is InChI=1S/C9H13N3O4S/c1-9(2,15-3)16-12-6(7(13)14)5-4-17-8(10)11-5/h4H,1-3H3,(H2,10,11)(H,13,14)/b12-6-. The van der Waals surface area contributed by atoms with Gasteiger partial charge in [0.15, 0.2) is 5.13 Å². The van der Waals surface area contributed by atoms with Crippen LogP contribution < -0.4 is 5.73 Å². The predicted molar refractivity (Wildman–Crippen MR) is 62.9 cm³/mol. The van der Waals surface area contributed by atoms with Crippen molar-refractivity contribution in [3.8, 4) is 0 Å². The van der Waals surface area contributed by atoms with Crippen LogP contribution in [-0.4, -0.2) is 34.7 Å². The molecule has 7 nitrogen and oxygen atoms in total. The maximum absolute atomic E-state index is 11.0. The van der Waals surface area contributed by atoms with Gasteiger partial charge in [0, 0.05) is 26.3 Å². The molecular weight excluding hydrogens is 246 g/mol.